The van der Waals surface area contributed by atoms with E-state index in [1.54, 1.807) is 0 Å². The first-order valence-corrected chi connectivity index (χ1v) is 8.97. The van der Waals surface area contributed by atoms with Gasteiger partial charge in [0.15, 0.2) is 0 Å². The lowest BCUT2D eigenvalue weighted by Crippen LogP contribution is -2.35. The van der Waals surface area contributed by atoms with E-state index in [1.807, 2.05) is 30.0 Å². The van der Waals surface area contributed by atoms with Crippen LogP contribution in [0.15, 0.2) is 42.5 Å². The van der Waals surface area contributed by atoms with Crippen LogP contribution in [0.4, 0.5) is 5.69 Å². The van der Waals surface area contributed by atoms with Crippen LogP contribution in [0.1, 0.15) is 43.4 Å². The number of hydrogen-bond acceptors (Lipinski definition) is 1. The molecule has 0 aliphatic carbocycles. The fourth-order valence-corrected chi connectivity index (χ4v) is 3.84. The zero-order valence-corrected chi connectivity index (χ0v) is 15.4. The fraction of sp³-hybridized carbons (Fsp3) is 0.381. The van der Waals surface area contributed by atoms with E-state index in [2.05, 4.69) is 38.1 Å². The molecule has 2 aromatic rings. The van der Waals surface area contributed by atoms with E-state index in [0.717, 1.165) is 30.1 Å². The van der Waals surface area contributed by atoms with Gasteiger partial charge in [0.25, 0.3) is 0 Å². The van der Waals surface area contributed by atoms with E-state index in [0.29, 0.717) is 6.42 Å². The zero-order chi connectivity index (χ0) is 17.3. The summed E-state index contributed by atoms with van der Waals surface area (Å²) in [6.07, 6.45) is 2.49. The number of fused-ring (bicyclic) bond motifs is 1. The Balaban J connectivity index is 1.89. The Labute approximate surface area is 149 Å². The van der Waals surface area contributed by atoms with Gasteiger partial charge in [-0.1, -0.05) is 55.3 Å². The summed E-state index contributed by atoms with van der Waals surface area (Å²) in [4.78, 5) is 14.3. The molecule has 24 heavy (non-hydrogen) atoms. The maximum absolute atomic E-state index is 12.4. The number of benzene rings is 2. The molecule has 1 atom stereocenters. The van der Waals surface area contributed by atoms with Gasteiger partial charge in [-0.05, 0) is 49.1 Å². The van der Waals surface area contributed by atoms with E-state index in [-0.39, 0.29) is 11.3 Å². The Hall–Kier alpha value is -1.80. The predicted octanol–water partition coefficient (Wildman–Crippen LogP) is 5.30. The third-order valence-corrected chi connectivity index (χ3v) is 5.29. The number of hydrogen-bond donors (Lipinski definition) is 0. The Kier molecular flexibility index (Phi) is 4.69. The maximum Gasteiger partial charge on any atom is 0.226 e. The minimum Gasteiger partial charge on any atom is -0.311 e. The normalized spacial score (nSPS) is 19.4. The molecule has 2 aromatic carbocycles. The second-order valence-electron chi connectivity index (χ2n) is 7.04. The molecule has 1 unspecified atom stereocenters. The third kappa shape index (κ3) is 3.21. The van der Waals surface area contributed by atoms with Crippen LogP contribution in [0.25, 0.3) is 0 Å². The molecule has 0 saturated heterocycles. The second kappa shape index (κ2) is 6.60. The van der Waals surface area contributed by atoms with Gasteiger partial charge in [0, 0.05) is 29.1 Å². The molecule has 0 bridgehead atoms. The van der Waals surface area contributed by atoms with Gasteiger partial charge in [0.2, 0.25) is 5.91 Å². The van der Waals surface area contributed by atoms with Gasteiger partial charge >= 0.3 is 0 Å². The molecule has 1 aliphatic rings. The summed E-state index contributed by atoms with van der Waals surface area (Å²) in [5.74, 6) is 0.201. The number of carbonyl (C=O) groups is 1. The lowest BCUT2D eigenvalue weighted by atomic mass is 9.79. The maximum atomic E-state index is 12.4. The van der Waals surface area contributed by atoms with Crippen molar-refractivity contribution in [2.24, 2.45) is 0 Å². The molecule has 0 saturated carbocycles. The number of aryl methyl sites for hydroxylation is 2. The molecular formula is C21H24ClNO. The second-order valence-corrected chi connectivity index (χ2v) is 7.48. The summed E-state index contributed by atoms with van der Waals surface area (Å²) in [7, 11) is 0. The molecule has 1 amide bonds. The number of halogens is 1. The highest BCUT2D eigenvalue weighted by molar-refractivity contribution is 6.30. The minimum absolute atomic E-state index is 0.0193. The first kappa shape index (κ1) is 17.0. The fourth-order valence-electron chi connectivity index (χ4n) is 3.63. The van der Waals surface area contributed by atoms with Crippen LogP contribution in [0.5, 0.6) is 0 Å². The topological polar surface area (TPSA) is 20.3 Å². The highest BCUT2D eigenvalue weighted by Gasteiger charge is 2.40. The Morgan fingerprint density at radius 2 is 2.04 bits per heavy atom. The molecular weight excluding hydrogens is 318 g/mol. The molecule has 0 fully saturated rings. The lowest BCUT2D eigenvalue weighted by molar-refractivity contribution is -0.118. The number of anilines is 1. The first-order valence-electron chi connectivity index (χ1n) is 8.59. The van der Waals surface area contributed by atoms with Crippen molar-refractivity contribution < 1.29 is 4.79 Å². The van der Waals surface area contributed by atoms with E-state index < -0.39 is 0 Å². The lowest BCUT2D eigenvalue weighted by Gasteiger charge is -2.26. The summed E-state index contributed by atoms with van der Waals surface area (Å²) in [5, 5.41) is 0.781. The molecule has 0 radical (unpaired) electrons. The minimum atomic E-state index is -0.0193. The molecule has 0 N–H and O–H groups in total. The number of nitrogens with zero attached hydrogens (tertiary/aromatic N) is 1. The standard InChI is InChI=1S/C21H24ClNO/c1-4-20(24)23-14-21(3,18-12-15(2)8-9-19(18)23)11-10-16-6-5-7-17(22)13-16/h5-9,12-13H,4,10-11,14H2,1-3H3. The van der Waals surface area contributed by atoms with Gasteiger partial charge in [0.05, 0.1) is 0 Å². The van der Waals surface area contributed by atoms with Gasteiger partial charge in [-0.2, -0.15) is 0 Å². The highest BCUT2D eigenvalue weighted by atomic mass is 35.5. The molecule has 1 aliphatic heterocycles. The van der Waals surface area contributed by atoms with Crippen molar-refractivity contribution in [3.05, 3.63) is 64.2 Å². The van der Waals surface area contributed by atoms with Crippen LogP contribution in [-0.2, 0) is 16.6 Å². The zero-order valence-electron chi connectivity index (χ0n) is 14.6. The third-order valence-electron chi connectivity index (χ3n) is 5.06. The summed E-state index contributed by atoms with van der Waals surface area (Å²) >= 11 is 6.11. The summed E-state index contributed by atoms with van der Waals surface area (Å²) in [6.45, 7) is 7.08. The van der Waals surface area contributed by atoms with E-state index in [9.17, 15) is 4.79 Å². The smallest absolute Gasteiger partial charge is 0.226 e. The monoisotopic (exact) mass is 341 g/mol. The van der Waals surface area contributed by atoms with Gasteiger partial charge in [-0.15, -0.1) is 0 Å². The van der Waals surface area contributed by atoms with Crippen molar-refractivity contribution in [1.29, 1.82) is 0 Å². The number of carbonyl (C=O) groups excluding carboxylic acids is 1. The quantitative estimate of drug-likeness (QED) is 0.739. The average Bonchev–Trinajstić information content (AvgIpc) is 2.86. The highest BCUT2D eigenvalue weighted by Crippen LogP contribution is 2.44. The molecule has 2 nitrogen and oxygen atoms in total. The molecule has 3 rings (SSSR count). The largest absolute Gasteiger partial charge is 0.311 e. The van der Waals surface area contributed by atoms with Crippen molar-refractivity contribution in [3.63, 3.8) is 0 Å². The van der Waals surface area contributed by atoms with Crippen LogP contribution < -0.4 is 4.90 Å². The Bertz CT molecular complexity index is 770. The van der Waals surface area contributed by atoms with Gasteiger partial charge in [-0.3, -0.25) is 4.79 Å². The van der Waals surface area contributed by atoms with E-state index >= 15 is 0 Å². The van der Waals surface area contributed by atoms with Crippen LogP contribution in [0, 0.1) is 6.92 Å². The predicted molar refractivity (Wildman–Crippen MR) is 101 cm³/mol. The molecule has 0 spiro atoms. The van der Waals surface area contributed by atoms with Crippen molar-refractivity contribution in [2.75, 3.05) is 11.4 Å². The number of rotatable bonds is 4. The van der Waals surface area contributed by atoms with E-state index in [1.165, 1.54) is 16.7 Å². The van der Waals surface area contributed by atoms with Crippen LogP contribution >= 0.6 is 11.6 Å². The van der Waals surface area contributed by atoms with Gasteiger partial charge in [0.1, 0.15) is 0 Å². The molecule has 126 valence electrons. The Morgan fingerprint density at radius 1 is 1.25 bits per heavy atom. The van der Waals surface area contributed by atoms with Crippen molar-refractivity contribution in [2.45, 2.75) is 45.4 Å². The Morgan fingerprint density at radius 3 is 2.75 bits per heavy atom. The summed E-state index contributed by atoms with van der Waals surface area (Å²) in [5.41, 5.74) is 4.85. The van der Waals surface area contributed by atoms with Crippen molar-refractivity contribution >= 4 is 23.2 Å². The SMILES string of the molecule is CCC(=O)N1CC(C)(CCc2cccc(Cl)c2)c2cc(C)ccc21. The first-order chi connectivity index (χ1) is 11.4. The summed E-state index contributed by atoms with van der Waals surface area (Å²) in [6, 6.07) is 14.5. The number of amides is 1. The van der Waals surface area contributed by atoms with Gasteiger partial charge < -0.3 is 4.90 Å². The van der Waals surface area contributed by atoms with Crippen LogP contribution in [0.3, 0.4) is 0 Å². The summed E-state index contributed by atoms with van der Waals surface area (Å²) < 4.78 is 0. The molecule has 3 heteroatoms. The van der Waals surface area contributed by atoms with E-state index in [4.69, 9.17) is 11.6 Å². The average molecular weight is 342 g/mol. The van der Waals surface area contributed by atoms with Crippen molar-refractivity contribution in [1.82, 2.24) is 0 Å². The van der Waals surface area contributed by atoms with Gasteiger partial charge in [-0.25, -0.2) is 0 Å². The van der Waals surface area contributed by atoms with Crippen LogP contribution in [-0.4, -0.2) is 12.5 Å². The van der Waals surface area contributed by atoms with Crippen molar-refractivity contribution in [3.8, 4) is 0 Å². The molecule has 1 heterocycles. The van der Waals surface area contributed by atoms with Crippen LogP contribution in [0.2, 0.25) is 5.02 Å². The molecule has 0 aromatic heterocycles.